The fraction of sp³-hybridized carbons (Fsp3) is 0.133. The number of hydrogen-bond acceptors (Lipinski definition) is 5. The number of carbonyl (C=O) groups excluding carboxylic acids is 2. The SMILES string of the molecule is CC(c1ccc(O)c(C=O)c1)c1cc(-c2ccccc2)cc(C(C)c2ccc(O)c(C=O)c2)c1O. The summed E-state index contributed by atoms with van der Waals surface area (Å²) < 4.78 is 0. The number of aromatic hydroxyl groups is 3. The average molecular weight is 467 g/mol. The Morgan fingerprint density at radius 3 is 1.49 bits per heavy atom. The zero-order valence-corrected chi connectivity index (χ0v) is 19.5. The lowest BCUT2D eigenvalue weighted by molar-refractivity contribution is 0.111. The molecule has 0 fully saturated rings. The van der Waals surface area contributed by atoms with Crippen LogP contribution in [0, 0.1) is 0 Å². The van der Waals surface area contributed by atoms with E-state index in [-0.39, 0.29) is 40.2 Å². The van der Waals surface area contributed by atoms with Crippen LogP contribution in [0.3, 0.4) is 0 Å². The molecule has 0 aliphatic carbocycles. The van der Waals surface area contributed by atoms with E-state index < -0.39 is 0 Å². The van der Waals surface area contributed by atoms with Crippen molar-refractivity contribution < 1.29 is 24.9 Å². The second kappa shape index (κ2) is 9.85. The third-order valence-corrected chi connectivity index (χ3v) is 6.57. The molecule has 0 aromatic heterocycles. The van der Waals surface area contributed by atoms with Gasteiger partial charge in [-0.15, -0.1) is 0 Å². The van der Waals surface area contributed by atoms with Crippen molar-refractivity contribution in [2.75, 3.05) is 0 Å². The molecule has 0 radical (unpaired) electrons. The van der Waals surface area contributed by atoms with Crippen molar-refractivity contribution in [2.45, 2.75) is 25.7 Å². The van der Waals surface area contributed by atoms with E-state index in [9.17, 15) is 24.9 Å². The van der Waals surface area contributed by atoms with Gasteiger partial charge in [0.2, 0.25) is 0 Å². The molecule has 2 unspecified atom stereocenters. The molecule has 2 atom stereocenters. The number of phenolic OH excluding ortho intramolecular Hbond substituents is 3. The molecule has 35 heavy (non-hydrogen) atoms. The lowest BCUT2D eigenvalue weighted by Crippen LogP contribution is -2.04. The van der Waals surface area contributed by atoms with Crippen LogP contribution in [0.25, 0.3) is 11.1 Å². The van der Waals surface area contributed by atoms with Gasteiger partial charge in [-0.1, -0.05) is 56.3 Å². The van der Waals surface area contributed by atoms with Gasteiger partial charge in [-0.05, 0) is 58.7 Å². The highest BCUT2D eigenvalue weighted by Gasteiger charge is 2.22. The first-order valence-electron chi connectivity index (χ1n) is 11.3. The molecule has 0 spiro atoms. The van der Waals surface area contributed by atoms with Gasteiger partial charge in [0.25, 0.3) is 0 Å². The van der Waals surface area contributed by atoms with Gasteiger partial charge in [0.05, 0.1) is 11.1 Å². The summed E-state index contributed by atoms with van der Waals surface area (Å²) in [6.45, 7) is 3.87. The number of phenols is 3. The first kappa shape index (κ1) is 23.8. The Labute approximate surface area is 203 Å². The maximum Gasteiger partial charge on any atom is 0.153 e. The highest BCUT2D eigenvalue weighted by atomic mass is 16.3. The zero-order valence-electron chi connectivity index (χ0n) is 19.5. The minimum Gasteiger partial charge on any atom is -0.507 e. The Hall–Kier alpha value is -4.38. The molecule has 0 saturated heterocycles. The van der Waals surface area contributed by atoms with Crippen LogP contribution in [0.5, 0.6) is 17.2 Å². The molecule has 0 aliphatic heterocycles. The van der Waals surface area contributed by atoms with Crippen LogP contribution in [0.1, 0.15) is 68.7 Å². The second-order valence-corrected chi connectivity index (χ2v) is 8.68. The van der Waals surface area contributed by atoms with Gasteiger partial charge < -0.3 is 15.3 Å². The van der Waals surface area contributed by atoms with Gasteiger partial charge >= 0.3 is 0 Å². The third kappa shape index (κ3) is 4.66. The predicted molar refractivity (Wildman–Crippen MR) is 136 cm³/mol. The second-order valence-electron chi connectivity index (χ2n) is 8.68. The quantitative estimate of drug-likeness (QED) is 0.274. The van der Waals surface area contributed by atoms with Gasteiger partial charge in [-0.25, -0.2) is 0 Å². The normalized spacial score (nSPS) is 12.6. The highest BCUT2D eigenvalue weighted by Crippen LogP contribution is 2.42. The van der Waals surface area contributed by atoms with Crippen LogP contribution in [-0.4, -0.2) is 27.9 Å². The summed E-state index contributed by atoms with van der Waals surface area (Å²) in [4.78, 5) is 22.7. The summed E-state index contributed by atoms with van der Waals surface area (Å²) in [5, 5.41) is 31.3. The molecule has 5 heteroatoms. The smallest absolute Gasteiger partial charge is 0.153 e. The molecular weight excluding hydrogens is 440 g/mol. The molecule has 4 aromatic rings. The maximum atomic E-state index is 11.4. The molecule has 0 saturated carbocycles. The Kier molecular flexibility index (Phi) is 6.69. The summed E-state index contributed by atoms with van der Waals surface area (Å²) in [5.41, 5.74) is 5.16. The van der Waals surface area contributed by atoms with Crippen molar-refractivity contribution in [3.8, 4) is 28.4 Å². The van der Waals surface area contributed by atoms with Crippen molar-refractivity contribution in [1.29, 1.82) is 0 Å². The summed E-state index contributed by atoms with van der Waals surface area (Å²) >= 11 is 0. The van der Waals surface area contributed by atoms with E-state index in [0.717, 1.165) is 22.3 Å². The molecule has 0 bridgehead atoms. The number of hydrogen-bond donors (Lipinski definition) is 3. The van der Waals surface area contributed by atoms with Gasteiger partial charge in [0, 0.05) is 23.0 Å². The Morgan fingerprint density at radius 2 is 1.06 bits per heavy atom. The largest absolute Gasteiger partial charge is 0.507 e. The monoisotopic (exact) mass is 466 g/mol. The summed E-state index contributed by atoms with van der Waals surface area (Å²) in [7, 11) is 0. The topological polar surface area (TPSA) is 94.8 Å². The minimum atomic E-state index is -0.283. The van der Waals surface area contributed by atoms with Crippen LogP contribution in [0.4, 0.5) is 0 Å². The molecule has 0 aliphatic rings. The number of carbonyl (C=O) groups is 2. The number of rotatable bonds is 7. The molecule has 3 N–H and O–H groups in total. The number of aldehydes is 2. The molecule has 0 amide bonds. The summed E-state index contributed by atoms with van der Waals surface area (Å²) in [6.07, 6.45) is 1.21. The van der Waals surface area contributed by atoms with E-state index in [1.807, 2.05) is 56.3 Å². The Balaban J connectivity index is 1.89. The van der Waals surface area contributed by atoms with E-state index in [1.165, 1.54) is 12.1 Å². The molecule has 0 heterocycles. The van der Waals surface area contributed by atoms with Crippen molar-refractivity contribution in [1.82, 2.24) is 0 Å². The third-order valence-electron chi connectivity index (χ3n) is 6.57. The first-order chi connectivity index (χ1) is 16.8. The van der Waals surface area contributed by atoms with Crippen LogP contribution < -0.4 is 0 Å². The number of benzene rings is 4. The Bertz CT molecular complexity index is 1310. The first-order valence-corrected chi connectivity index (χ1v) is 11.3. The standard InChI is InChI=1S/C30H26O5/c1-18(21-8-10-28(33)24(12-21)16-31)26-14-23(20-6-4-3-5-7-20)15-27(30(26)35)19(2)22-9-11-29(34)25(13-22)17-32/h3-19,33-35H,1-2H3. The lowest BCUT2D eigenvalue weighted by atomic mass is 9.83. The van der Waals surface area contributed by atoms with Crippen molar-refractivity contribution in [2.24, 2.45) is 0 Å². The van der Waals surface area contributed by atoms with E-state index in [1.54, 1.807) is 24.3 Å². The lowest BCUT2D eigenvalue weighted by Gasteiger charge is -2.22. The van der Waals surface area contributed by atoms with Gasteiger partial charge in [0.15, 0.2) is 12.6 Å². The molecule has 5 nitrogen and oxygen atoms in total. The van der Waals surface area contributed by atoms with Crippen LogP contribution in [-0.2, 0) is 0 Å². The van der Waals surface area contributed by atoms with E-state index in [0.29, 0.717) is 23.7 Å². The van der Waals surface area contributed by atoms with E-state index in [2.05, 4.69) is 0 Å². The van der Waals surface area contributed by atoms with Crippen molar-refractivity contribution in [3.05, 3.63) is 112 Å². The van der Waals surface area contributed by atoms with Crippen molar-refractivity contribution >= 4 is 12.6 Å². The van der Waals surface area contributed by atoms with Gasteiger partial charge in [-0.3, -0.25) is 9.59 Å². The predicted octanol–water partition coefficient (Wildman–Crippen LogP) is 6.40. The highest BCUT2D eigenvalue weighted by molar-refractivity contribution is 5.80. The van der Waals surface area contributed by atoms with E-state index in [4.69, 9.17) is 0 Å². The molecule has 4 rings (SSSR count). The maximum absolute atomic E-state index is 11.4. The average Bonchev–Trinajstić information content (AvgIpc) is 2.89. The molecular formula is C30H26O5. The summed E-state index contributed by atoms with van der Waals surface area (Å²) in [5.74, 6) is -0.633. The van der Waals surface area contributed by atoms with Crippen LogP contribution >= 0.6 is 0 Å². The van der Waals surface area contributed by atoms with Crippen LogP contribution in [0.15, 0.2) is 78.9 Å². The zero-order chi connectivity index (χ0) is 25.1. The minimum absolute atomic E-state index is 0.0918. The molecule has 4 aromatic carbocycles. The van der Waals surface area contributed by atoms with Gasteiger partial charge in [0.1, 0.15) is 17.2 Å². The molecule has 176 valence electrons. The Morgan fingerprint density at radius 1 is 0.600 bits per heavy atom. The summed E-state index contributed by atoms with van der Waals surface area (Å²) in [6, 6.07) is 23.4. The van der Waals surface area contributed by atoms with Gasteiger partial charge in [-0.2, -0.15) is 0 Å². The fourth-order valence-corrected chi connectivity index (χ4v) is 4.37. The fourth-order valence-electron chi connectivity index (χ4n) is 4.37. The van der Waals surface area contributed by atoms with Crippen molar-refractivity contribution in [3.63, 3.8) is 0 Å². The van der Waals surface area contributed by atoms with Crippen LogP contribution in [0.2, 0.25) is 0 Å². The van der Waals surface area contributed by atoms with E-state index >= 15 is 0 Å².